The zero-order chi connectivity index (χ0) is 13.0. The Balaban J connectivity index is 2.48. The molecule has 0 fully saturated rings. The monoisotopic (exact) mass is 258 g/mol. The summed E-state index contributed by atoms with van der Waals surface area (Å²) in [6.07, 6.45) is 0.788. The number of hydrogen-bond donors (Lipinski definition) is 1. The van der Waals surface area contributed by atoms with Crippen molar-refractivity contribution in [1.29, 1.82) is 0 Å². The van der Waals surface area contributed by atoms with E-state index in [0.717, 1.165) is 17.3 Å². The van der Waals surface area contributed by atoms with Gasteiger partial charge < -0.3 is 5.11 Å². The molecule has 0 aliphatic rings. The van der Waals surface area contributed by atoms with E-state index in [0.29, 0.717) is 0 Å². The van der Waals surface area contributed by atoms with Crippen LogP contribution in [0.15, 0.2) is 60.7 Å². The van der Waals surface area contributed by atoms with Gasteiger partial charge in [0.2, 0.25) is 0 Å². The predicted molar refractivity (Wildman–Crippen MR) is 79.5 cm³/mol. The van der Waals surface area contributed by atoms with Gasteiger partial charge in [-0.3, -0.25) is 0 Å². The molecule has 2 heteroatoms. The van der Waals surface area contributed by atoms with E-state index in [1.807, 2.05) is 60.7 Å². The summed E-state index contributed by atoms with van der Waals surface area (Å²) in [4.78, 5) is 0. The first-order valence-corrected chi connectivity index (χ1v) is 8.53. The Bertz CT molecular complexity index is 439. The predicted octanol–water partition coefficient (Wildman–Crippen LogP) is 3.66. The lowest BCUT2D eigenvalue weighted by atomic mass is 9.88. The Kier molecular flexibility index (Phi) is 4.16. The van der Waals surface area contributed by atoms with E-state index in [1.165, 1.54) is 0 Å². The van der Waals surface area contributed by atoms with Crippen molar-refractivity contribution in [3.05, 3.63) is 71.8 Å². The zero-order valence-electron chi connectivity index (χ0n) is 10.9. The van der Waals surface area contributed by atoms with Crippen LogP contribution in [0.25, 0.3) is 0 Å². The topological polar surface area (TPSA) is 20.2 Å². The lowest BCUT2D eigenvalue weighted by Gasteiger charge is -2.31. The molecule has 2 rings (SSSR count). The lowest BCUT2D eigenvalue weighted by molar-refractivity contribution is 0.106. The van der Waals surface area contributed by atoms with Crippen LogP contribution in [-0.4, -0.2) is 24.6 Å². The van der Waals surface area contributed by atoms with Crippen molar-refractivity contribution < 1.29 is 5.11 Å². The van der Waals surface area contributed by atoms with E-state index >= 15 is 0 Å². The third-order valence-corrected chi connectivity index (χ3v) is 4.14. The standard InChI is InChI=1S/C16H19OP/c1-18(2)13-16(17,14-9-5-3-6-10-14)15-11-7-4-8-12-15/h3-12,17H,13H2,1-2H3. The SMILES string of the molecule is CP(C)CC(O)(c1ccccc1)c1ccccc1. The van der Waals surface area contributed by atoms with Crippen LogP contribution in [0.1, 0.15) is 11.1 Å². The maximum atomic E-state index is 11.1. The highest BCUT2D eigenvalue weighted by Gasteiger charge is 2.31. The average Bonchev–Trinajstić information content (AvgIpc) is 2.40. The minimum atomic E-state index is -0.863. The molecule has 0 aromatic heterocycles. The van der Waals surface area contributed by atoms with Crippen molar-refractivity contribution in [2.75, 3.05) is 19.5 Å². The fraction of sp³-hybridized carbons (Fsp3) is 0.250. The van der Waals surface area contributed by atoms with Crippen LogP contribution in [0.3, 0.4) is 0 Å². The molecule has 18 heavy (non-hydrogen) atoms. The molecule has 0 radical (unpaired) electrons. The number of hydrogen-bond acceptors (Lipinski definition) is 1. The second-order valence-corrected chi connectivity index (χ2v) is 7.31. The van der Waals surface area contributed by atoms with Crippen LogP contribution < -0.4 is 0 Å². The van der Waals surface area contributed by atoms with E-state index in [4.69, 9.17) is 0 Å². The molecule has 0 aliphatic heterocycles. The summed E-state index contributed by atoms with van der Waals surface area (Å²) >= 11 is 0. The van der Waals surface area contributed by atoms with Gasteiger partial charge in [0.05, 0.1) is 0 Å². The van der Waals surface area contributed by atoms with Gasteiger partial charge in [0, 0.05) is 6.16 Å². The van der Waals surface area contributed by atoms with E-state index in [1.54, 1.807) is 0 Å². The Hall–Kier alpha value is -1.17. The molecule has 0 unspecified atom stereocenters. The van der Waals surface area contributed by atoms with E-state index in [-0.39, 0.29) is 7.92 Å². The third-order valence-electron chi connectivity index (χ3n) is 3.05. The number of rotatable bonds is 4. The summed E-state index contributed by atoms with van der Waals surface area (Å²) in [7, 11) is -0.186. The summed E-state index contributed by atoms with van der Waals surface area (Å²) in [6.45, 7) is 4.40. The fourth-order valence-electron chi connectivity index (χ4n) is 2.23. The summed E-state index contributed by atoms with van der Waals surface area (Å²) in [5.74, 6) is 0. The van der Waals surface area contributed by atoms with Gasteiger partial charge in [0.15, 0.2) is 0 Å². The first-order valence-electron chi connectivity index (χ1n) is 6.11. The van der Waals surface area contributed by atoms with Gasteiger partial charge in [-0.05, 0) is 24.5 Å². The van der Waals surface area contributed by atoms with Crippen molar-refractivity contribution in [3.63, 3.8) is 0 Å². The Morgan fingerprint density at radius 3 is 1.56 bits per heavy atom. The molecule has 1 nitrogen and oxygen atoms in total. The summed E-state index contributed by atoms with van der Waals surface area (Å²) in [6, 6.07) is 19.9. The van der Waals surface area contributed by atoms with Crippen LogP contribution >= 0.6 is 7.92 Å². The molecule has 2 aromatic rings. The maximum absolute atomic E-state index is 11.1. The molecule has 0 aliphatic carbocycles. The van der Waals surface area contributed by atoms with Crippen molar-refractivity contribution in [2.45, 2.75) is 5.60 Å². The van der Waals surface area contributed by atoms with Crippen LogP contribution in [0.5, 0.6) is 0 Å². The van der Waals surface area contributed by atoms with Gasteiger partial charge in [-0.1, -0.05) is 60.7 Å². The molecule has 0 heterocycles. The third kappa shape index (κ3) is 2.80. The second kappa shape index (κ2) is 5.65. The van der Waals surface area contributed by atoms with Crippen molar-refractivity contribution in [2.24, 2.45) is 0 Å². The highest BCUT2D eigenvalue weighted by atomic mass is 31.1. The summed E-state index contributed by atoms with van der Waals surface area (Å²) < 4.78 is 0. The van der Waals surface area contributed by atoms with E-state index in [2.05, 4.69) is 13.3 Å². The van der Waals surface area contributed by atoms with E-state index in [9.17, 15) is 5.11 Å². The minimum Gasteiger partial charge on any atom is -0.380 e. The number of aliphatic hydroxyl groups is 1. The van der Waals surface area contributed by atoms with Gasteiger partial charge in [-0.25, -0.2) is 0 Å². The van der Waals surface area contributed by atoms with Crippen molar-refractivity contribution >= 4 is 7.92 Å². The lowest BCUT2D eigenvalue weighted by Crippen LogP contribution is -2.30. The molecule has 0 spiro atoms. The first kappa shape index (κ1) is 13.3. The second-order valence-electron chi connectivity index (χ2n) is 4.83. The molecular weight excluding hydrogens is 239 g/mol. The molecule has 0 bridgehead atoms. The fourth-order valence-corrected chi connectivity index (χ4v) is 3.52. The molecule has 2 aromatic carbocycles. The molecule has 0 amide bonds. The molecule has 1 N–H and O–H groups in total. The highest BCUT2D eigenvalue weighted by Crippen LogP contribution is 2.40. The molecular formula is C16H19OP. The van der Waals surface area contributed by atoms with E-state index < -0.39 is 5.60 Å². The minimum absolute atomic E-state index is 0.186. The quantitative estimate of drug-likeness (QED) is 0.830. The molecule has 0 saturated carbocycles. The Labute approximate surface area is 110 Å². The normalized spacial score (nSPS) is 11.8. The van der Waals surface area contributed by atoms with Crippen LogP contribution in [-0.2, 0) is 5.60 Å². The molecule has 0 atom stereocenters. The van der Waals surface area contributed by atoms with Gasteiger partial charge in [0.25, 0.3) is 0 Å². The average molecular weight is 258 g/mol. The van der Waals surface area contributed by atoms with Crippen molar-refractivity contribution in [3.8, 4) is 0 Å². The van der Waals surface area contributed by atoms with Gasteiger partial charge in [-0.2, -0.15) is 0 Å². The summed E-state index contributed by atoms with van der Waals surface area (Å²) in [5.41, 5.74) is 1.09. The van der Waals surface area contributed by atoms with Gasteiger partial charge >= 0.3 is 0 Å². The van der Waals surface area contributed by atoms with Crippen LogP contribution in [0, 0.1) is 0 Å². The van der Waals surface area contributed by atoms with Gasteiger partial charge in [0.1, 0.15) is 5.60 Å². The Morgan fingerprint density at radius 1 is 0.833 bits per heavy atom. The Morgan fingerprint density at radius 2 is 1.22 bits per heavy atom. The van der Waals surface area contributed by atoms with Crippen LogP contribution in [0.2, 0.25) is 0 Å². The smallest absolute Gasteiger partial charge is 0.118 e. The molecule has 94 valence electrons. The number of benzene rings is 2. The zero-order valence-corrected chi connectivity index (χ0v) is 11.8. The maximum Gasteiger partial charge on any atom is 0.118 e. The van der Waals surface area contributed by atoms with Crippen LogP contribution in [0.4, 0.5) is 0 Å². The van der Waals surface area contributed by atoms with Gasteiger partial charge in [-0.15, -0.1) is 7.92 Å². The van der Waals surface area contributed by atoms with Crippen molar-refractivity contribution in [1.82, 2.24) is 0 Å². The largest absolute Gasteiger partial charge is 0.380 e. The summed E-state index contributed by atoms with van der Waals surface area (Å²) in [5, 5.41) is 11.1. The first-order chi connectivity index (χ1) is 8.63. The molecule has 0 saturated heterocycles. The highest BCUT2D eigenvalue weighted by molar-refractivity contribution is 7.56.